The number of amides is 1. The van der Waals surface area contributed by atoms with E-state index in [0.29, 0.717) is 39.4 Å². The fraction of sp³-hybridized carbons (Fsp3) is 0.200. The average Bonchev–Trinajstić information content (AvgIpc) is 3.35. The van der Waals surface area contributed by atoms with Crippen LogP contribution in [0.5, 0.6) is 0 Å². The Balaban J connectivity index is 1.72. The van der Waals surface area contributed by atoms with Gasteiger partial charge in [-0.25, -0.2) is 4.98 Å². The summed E-state index contributed by atoms with van der Waals surface area (Å²) in [5.74, 6) is 0.683. The number of rotatable bonds is 7. The molecule has 3 aromatic heterocycles. The van der Waals surface area contributed by atoms with Gasteiger partial charge in [-0.3, -0.25) is 18.9 Å². The Morgan fingerprint density at radius 1 is 1.27 bits per heavy atom. The van der Waals surface area contributed by atoms with Crippen molar-refractivity contribution in [3.05, 3.63) is 69.4 Å². The van der Waals surface area contributed by atoms with Crippen LogP contribution in [-0.2, 0) is 11.3 Å². The van der Waals surface area contributed by atoms with Gasteiger partial charge in [-0.2, -0.15) is 0 Å². The zero-order valence-corrected chi connectivity index (χ0v) is 17.4. The molecule has 10 heteroatoms. The van der Waals surface area contributed by atoms with E-state index < -0.39 is 0 Å². The standard InChI is InChI=1S/C20H18N4O4S2/c25-9-4-7-21-17-14(18(26)23-8-2-1-6-16(23)22-17)11-15-19(27)24(20(29)30-15)12-13-5-3-10-28-13/h1-3,5-6,8,10-11,21,25H,4,7,9,12H2. The largest absolute Gasteiger partial charge is 0.467 e. The minimum atomic E-state index is -0.302. The lowest BCUT2D eigenvalue weighted by atomic mass is 10.2. The van der Waals surface area contributed by atoms with E-state index in [2.05, 4.69) is 10.3 Å². The first kappa shape index (κ1) is 20.3. The van der Waals surface area contributed by atoms with Crippen LogP contribution in [0.15, 0.2) is 56.9 Å². The molecular formula is C20H18N4O4S2. The zero-order chi connectivity index (χ0) is 21.1. The molecule has 0 saturated carbocycles. The van der Waals surface area contributed by atoms with Gasteiger partial charge in [-0.05, 0) is 36.8 Å². The van der Waals surface area contributed by atoms with E-state index in [1.165, 1.54) is 21.6 Å². The quantitative estimate of drug-likeness (QED) is 0.327. The van der Waals surface area contributed by atoms with Crippen molar-refractivity contribution in [3.63, 3.8) is 0 Å². The van der Waals surface area contributed by atoms with Crippen LogP contribution in [0.4, 0.5) is 5.82 Å². The van der Waals surface area contributed by atoms with E-state index in [4.69, 9.17) is 21.7 Å². The summed E-state index contributed by atoms with van der Waals surface area (Å²) in [4.78, 5) is 32.3. The lowest BCUT2D eigenvalue weighted by molar-refractivity contribution is -0.122. The first-order valence-electron chi connectivity index (χ1n) is 9.22. The number of furan rings is 1. The number of thioether (sulfide) groups is 1. The van der Waals surface area contributed by atoms with Gasteiger partial charge in [0.15, 0.2) is 0 Å². The van der Waals surface area contributed by atoms with Crippen LogP contribution >= 0.6 is 24.0 Å². The van der Waals surface area contributed by atoms with E-state index in [0.717, 1.165) is 11.8 Å². The zero-order valence-electron chi connectivity index (χ0n) is 15.8. The van der Waals surface area contributed by atoms with Crippen LogP contribution < -0.4 is 10.9 Å². The SMILES string of the molecule is O=C1C(=Cc2c(NCCCO)nc3ccccn3c2=O)SC(=S)N1Cc1ccco1. The molecule has 0 spiro atoms. The number of nitrogens with one attached hydrogen (secondary N) is 1. The van der Waals surface area contributed by atoms with Gasteiger partial charge in [0, 0.05) is 19.3 Å². The highest BCUT2D eigenvalue weighted by Crippen LogP contribution is 2.34. The van der Waals surface area contributed by atoms with Gasteiger partial charge in [-0.1, -0.05) is 30.0 Å². The maximum Gasteiger partial charge on any atom is 0.267 e. The average molecular weight is 443 g/mol. The van der Waals surface area contributed by atoms with Crippen LogP contribution in [-0.4, -0.2) is 42.8 Å². The molecule has 0 aliphatic carbocycles. The highest BCUT2D eigenvalue weighted by atomic mass is 32.2. The van der Waals surface area contributed by atoms with Gasteiger partial charge >= 0.3 is 0 Å². The predicted octanol–water partition coefficient (Wildman–Crippen LogP) is 2.48. The summed E-state index contributed by atoms with van der Waals surface area (Å²) in [7, 11) is 0. The summed E-state index contributed by atoms with van der Waals surface area (Å²) in [5.41, 5.74) is 0.440. The lowest BCUT2D eigenvalue weighted by Gasteiger charge is -2.12. The Hall–Kier alpha value is -2.95. The molecule has 1 saturated heterocycles. The highest BCUT2D eigenvalue weighted by Gasteiger charge is 2.33. The van der Waals surface area contributed by atoms with Crippen molar-refractivity contribution in [2.75, 3.05) is 18.5 Å². The molecule has 4 heterocycles. The number of hydrogen-bond acceptors (Lipinski definition) is 8. The third-order valence-corrected chi connectivity index (χ3v) is 5.82. The molecule has 1 aliphatic heterocycles. The number of thiocarbonyl (C=S) groups is 1. The van der Waals surface area contributed by atoms with Crippen LogP contribution in [0.25, 0.3) is 11.7 Å². The van der Waals surface area contributed by atoms with Gasteiger partial charge in [0.05, 0.1) is 23.3 Å². The number of carbonyl (C=O) groups excluding carboxylic acids is 1. The first-order chi connectivity index (χ1) is 14.6. The fourth-order valence-electron chi connectivity index (χ4n) is 2.98. The number of nitrogens with zero attached hydrogens (tertiary/aromatic N) is 3. The molecule has 2 N–H and O–H groups in total. The summed E-state index contributed by atoms with van der Waals surface area (Å²) in [6, 6.07) is 8.77. The number of carbonyl (C=O) groups is 1. The molecule has 4 rings (SSSR count). The Kier molecular flexibility index (Phi) is 5.98. The van der Waals surface area contributed by atoms with E-state index >= 15 is 0 Å². The van der Waals surface area contributed by atoms with Crippen molar-refractivity contribution < 1.29 is 14.3 Å². The van der Waals surface area contributed by atoms with Crippen molar-refractivity contribution in [2.45, 2.75) is 13.0 Å². The third-order valence-electron chi connectivity index (χ3n) is 4.44. The van der Waals surface area contributed by atoms with Crippen molar-refractivity contribution in [1.29, 1.82) is 0 Å². The summed E-state index contributed by atoms with van der Waals surface area (Å²) in [5, 5.41) is 12.1. The van der Waals surface area contributed by atoms with Crippen LogP contribution in [0.3, 0.4) is 0 Å². The molecule has 1 fully saturated rings. The van der Waals surface area contributed by atoms with Gasteiger partial charge in [0.2, 0.25) is 0 Å². The summed E-state index contributed by atoms with van der Waals surface area (Å²) < 4.78 is 7.13. The minimum absolute atomic E-state index is 0.0142. The number of anilines is 1. The van der Waals surface area contributed by atoms with Crippen LogP contribution in [0.1, 0.15) is 17.7 Å². The highest BCUT2D eigenvalue weighted by molar-refractivity contribution is 8.26. The Morgan fingerprint density at radius 2 is 2.13 bits per heavy atom. The van der Waals surface area contributed by atoms with Crippen molar-refractivity contribution >= 4 is 51.7 Å². The molecule has 3 aromatic rings. The number of pyridine rings is 1. The van der Waals surface area contributed by atoms with Gasteiger partial charge in [0.1, 0.15) is 21.5 Å². The molecule has 154 valence electrons. The van der Waals surface area contributed by atoms with E-state index in [-0.39, 0.29) is 30.2 Å². The summed E-state index contributed by atoms with van der Waals surface area (Å²) in [6.07, 6.45) is 5.19. The monoisotopic (exact) mass is 442 g/mol. The molecule has 30 heavy (non-hydrogen) atoms. The molecular weight excluding hydrogens is 424 g/mol. The second-order valence-corrected chi connectivity index (χ2v) is 8.13. The second-order valence-electron chi connectivity index (χ2n) is 6.46. The molecule has 0 radical (unpaired) electrons. The molecule has 1 aliphatic rings. The second kappa shape index (κ2) is 8.82. The van der Waals surface area contributed by atoms with Crippen LogP contribution in [0, 0.1) is 0 Å². The lowest BCUT2D eigenvalue weighted by Crippen LogP contribution is -2.27. The third kappa shape index (κ3) is 4.02. The van der Waals surface area contributed by atoms with E-state index in [9.17, 15) is 9.59 Å². The van der Waals surface area contributed by atoms with Gasteiger partial charge < -0.3 is 14.8 Å². The predicted molar refractivity (Wildman–Crippen MR) is 119 cm³/mol. The van der Waals surface area contributed by atoms with Crippen LogP contribution in [0.2, 0.25) is 0 Å². The van der Waals surface area contributed by atoms with Crippen molar-refractivity contribution in [1.82, 2.24) is 14.3 Å². The maximum absolute atomic E-state index is 13.1. The summed E-state index contributed by atoms with van der Waals surface area (Å²) >= 11 is 6.49. The van der Waals surface area contributed by atoms with E-state index in [1.54, 1.807) is 36.5 Å². The number of aromatic nitrogens is 2. The number of hydrogen-bond donors (Lipinski definition) is 2. The van der Waals surface area contributed by atoms with Gasteiger partial charge in [-0.15, -0.1) is 0 Å². The molecule has 8 nitrogen and oxygen atoms in total. The molecule has 0 aromatic carbocycles. The molecule has 0 atom stereocenters. The normalized spacial score (nSPS) is 15.5. The first-order valence-corrected chi connectivity index (χ1v) is 10.4. The molecule has 0 unspecified atom stereocenters. The number of aliphatic hydroxyl groups is 1. The fourth-order valence-corrected chi connectivity index (χ4v) is 4.22. The molecule has 0 bridgehead atoms. The number of fused-ring (bicyclic) bond motifs is 1. The van der Waals surface area contributed by atoms with Crippen molar-refractivity contribution in [2.24, 2.45) is 0 Å². The van der Waals surface area contributed by atoms with Crippen molar-refractivity contribution in [3.8, 4) is 0 Å². The maximum atomic E-state index is 13.1. The Labute approximate surface area is 181 Å². The molecule has 1 amide bonds. The van der Waals surface area contributed by atoms with E-state index in [1.807, 2.05) is 0 Å². The summed E-state index contributed by atoms with van der Waals surface area (Å²) in [6.45, 7) is 0.679. The Bertz CT molecular complexity index is 1190. The Morgan fingerprint density at radius 3 is 2.90 bits per heavy atom. The minimum Gasteiger partial charge on any atom is -0.467 e. The smallest absolute Gasteiger partial charge is 0.267 e. The van der Waals surface area contributed by atoms with Gasteiger partial charge in [0.25, 0.3) is 11.5 Å². The number of aliphatic hydroxyl groups excluding tert-OH is 1. The topological polar surface area (TPSA) is 100 Å².